The highest BCUT2D eigenvalue weighted by Crippen LogP contribution is 2.33. The Balaban J connectivity index is 2.16. The van der Waals surface area contributed by atoms with E-state index in [9.17, 15) is 0 Å². The molecule has 1 nitrogen and oxygen atoms in total. The smallest absolute Gasteiger partial charge is 0.0541 e. The van der Waals surface area contributed by atoms with Gasteiger partial charge in [0.05, 0.1) is 11.0 Å². The quantitative estimate of drug-likeness (QED) is 0.288. The van der Waals surface area contributed by atoms with Crippen LogP contribution < -0.4 is 0 Å². The summed E-state index contributed by atoms with van der Waals surface area (Å²) in [6.07, 6.45) is 0. The summed E-state index contributed by atoms with van der Waals surface area (Å²) in [4.78, 5) is 0. The second-order valence-corrected chi connectivity index (χ2v) is 6.44. The summed E-state index contributed by atoms with van der Waals surface area (Å²) in [5.41, 5.74) is 6.44. The van der Waals surface area contributed by atoms with E-state index in [4.69, 9.17) is 0 Å². The van der Waals surface area contributed by atoms with Crippen LogP contribution in [0.2, 0.25) is 0 Å². The number of hydrogen-bond acceptors (Lipinski definition) is 0. The average Bonchev–Trinajstić information content (AvgIpc) is 2.88. The molecule has 0 unspecified atom stereocenters. The van der Waals surface area contributed by atoms with Gasteiger partial charge in [0.15, 0.2) is 0 Å². The van der Waals surface area contributed by atoms with Crippen molar-refractivity contribution in [1.82, 2.24) is 4.57 Å². The van der Waals surface area contributed by atoms with E-state index >= 15 is 0 Å². The van der Waals surface area contributed by atoms with Crippen LogP contribution in [0.4, 0.5) is 0 Å². The van der Waals surface area contributed by atoms with Crippen molar-refractivity contribution in [2.24, 2.45) is 0 Å². The predicted octanol–water partition coefficient (Wildman–Crippen LogP) is 6.03. The van der Waals surface area contributed by atoms with E-state index < -0.39 is 0 Å². The Morgan fingerprint density at radius 2 is 1.64 bits per heavy atom. The van der Waals surface area contributed by atoms with Crippen LogP contribution in [-0.4, -0.2) is 4.57 Å². The SMILES string of the molecule is Cc1cccc(-n2c3ccccc3c3cc(CI)ccc32)c1. The first-order valence-electron chi connectivity index (χ1n) is 7.43. The zero-order valence-corrected chi connectivity index (χ0v) is 14.5. The fraction of sp³-hybridized carbons (Fsp3) is 0.100. The van der Waals surface area contributed by atoms with Crippen LogP contribution in [0.5, 0.6) is 0 Å². The molecule has 0 radical (unpaired) electrons. The van der Waals surface area contributed by atoms with Gasteiger partial charge in [-0.1, -0.05) is 59.0 Å². The number of fused-ring (bicyclic) bond motifs is 3. The molecule has 0 saturated heterocycles. The number of nitrogens with zero attached hydrogens (tertiary/aromatic N) is 1. The van der Waals surface area contributed by atoms with Gasteiger partial charge >= 0.3 is 0 Å². The van der Waals surface area contributed by atoms with E-state index in [-0.39, 0.29) is 0 Å². The number of hydrogen-bond donors (Lipinski definition) is 0. The molecule has 0 N–H and O–H groups in total. The van der Waals surface area contributed by atoms with E-state index in [1.165, 1.54) is 38.6 Å². The van der Waals surface area contributed by atoms with E-state index in [0.29, 0.717) is 0 Å². The van der Waals surface area contributed by atoms with Crippen LogP contribution in [0, 0.1) is 6.92 Å². The van der Waals surface area contributed by atoms with Gasteiger partial charge in [-0.2, -0.15) is 0 Å². The van der Waals surface area contributed by atoms with Crippen LogP contribution in [0.3, 0.4) is 0 Å². The van der Waals surface area contributed by atoms with Gasteiger partial charge in [0.1, 0.15) is 0 Å². The second kappa shape index (κ2) is 5.43. The highest BCUT2D eigenvalue weighted by molar-refractivity contribution is 14.1. The van der Waals surface area contributed by atoms with Crippen molar-refractivity contribution in [2.45, 2.75) is 11.4 Å². The summed E-state index contributed by atoms with van der Waals surface area (Å²) in [6, 6.07) is 24.2. The molecule has 0 bridgehead atoms. The maximum atomic E-state index is 2.43. The van der Waals surface area contributed by atoms with Gasteiger partial charge in [-0.05, 0) is 48.4 Å². The van der Waals surface area contributed by atoms with Gasteiger partial charge in [-0.15, -0.1) is 0 Å². The lowest BCUT2D eigenvalue weighted by Crippen LogP contribution is -1.94. The summed E-state index contributed by atoms with van der Waals surface area (Å²) >= 11 is 2.43. The van der Waals surface area contributed by atoms with Gasteiger partial charge in [0.2, 0.25) is 0 Å². The number of benzene rings is 3. The maximum absolute atomic E-state index is 2.43. The third-order valence-corrected chi connectivity index (χ3v) is 5.03. The summed E-state index contributed by atoms with van der Waals surface area (Å²) < 4.78 is 3.41. The number of rotatable bonds is 2. The normalized spacial score (nSPS) is 11.4. The van der Waals surface area contributed by atoms with E-state index in [1.54, 1.807) is 0 Å². The molecule has 0 amide bonds. The summed E-state index contributed by atoms with van der Waals surface area (Å²) in [5.74, 6) is 0. The van der Waals surface area contributed by atoms with Gasteiger partial charge in [-0.3, -0.25) is 0 Å². The fourth-order valence-corrected chi connectivity index (χ4v) is 3.62. The molecule has 1 heterocycles. The molecule has 0 aliphatic carbocycles. The van der Waals surface area contributed by atoms with E-state index in [1.807, 2.05) is 0 Å². The monoisotopic (exact) mass is 397 g/mol. The first kappa shape index (κ1) is 13.8. The molecule has 0 aliphatic rings. The van der Waals surface area contributed by atoms with Crippen molar-refractivity contribution in [2.75, 3.05) is 0 Å². The highest BCUT2D eigenvalue weighted by Gasteiger charge is 2.12. The van der Waals surface area contributed by atoms with E-state index in [2.05, 4.69) is 101 Å². The first-order valence-corrected chi connectivity index (χ1v) is 8.95. The van der Waals surface area contributed by atoms with Crippen molar-refractivity contribution in [3.63, 3.8) is 0 Å². The Kier molecular flexibility index (Phi) is 3.41. The van der Waals surface area contributed by atoms with Gasteiger partial charge in [0, 0.05) is 20.9 Å². The molecule has 3 aromatic carbocycles. The highest BCUT2D eigenvalue weighted by atomic mass is 127. The van der Waals surface area contributed by atoms with E-state index in [0.717, 1.165) is 4.43 Å². The lowest BCUT2D eigenvalue weighted by Gasteiger charge is -2.08. The summed E-state index contributed by atoms with van der Waals surface area (Å²) in [7, 11) is 0. The average molecular weight is 397 g/mol. The molecule has 0 saturated carbocycles. The molecule has 108 valence electrons. The Hall–Kier alpha value is -1.81. The first-order chi connectivity index (χ1) is 10.8. The Labute approximate surface area is 143 Å². The number of aromatic nitrogens is 1. The van der Waals surface area contributed by atoms with Crippen LogP contribution in [0.1, 0.15) is 11.1 Å². The molecule has 0 spiro atoms. The minimum absolute atomic E-state index is 1.04. The lowest BCUT2D eigenvalue weighted by atomic mass is 10.1. The second-order valence-electron chi connectivity index (χ2n) is 5.68. The fourth-order valence-electron chi connectivity index (χ4n) is 3.15. The minimum atomic E-state index is 1.04. The third kappa shape index (κ3) is 2.13. The molecule has 2 heteroatoms. The van der Waals surface area contributed by atoms with Crippen LogP contribution in [-0.2, 0) is 4.43 Å². The predicted molar refractivity (Wildman–Crippen MR) is 103 cm³/mol. The van der Waals surface area contributed by atoms with Crippen molar-refractivity contribution >= 4 is 44.4 Å². The number of alkyl halides is 1. The maximum Gasteiger partial charge on any atom is 0.0541 e. The molecule has 4 rings (SSSR count). The number of para-hydroxylation sites is 1. The van der Waals surface area contributed by atoms with Crippen molar-refractivity contribution in [3.05, 3.63) is 77.9 Å². The molecular formula is C20H16IN. The zero-order chi connectivity index (χ0) is 15.1. The van der Waals surface area contributed by atoms with Crippen LogP contribution in [0.25, 0.3) is 27.5 Å². The van der Waals surface area contributed by atoms with Crippen molar-refractivity contribution in [1.29, 1.82) is 0 Å². The Bertz CT molecular complexity index is 982. The lowest BCUT2D eigenvalue weighted by molar-refractivity contribution is 1.17. The summed E-state index contributed by atoms with van der Waals surface area (Å²) in [6.45, 7) is 2.14. The molecule has 0 aliphatic heterocycles. The van der Waals surface area contributed by atoms with Gasteiger partial charge in [0.25, 0.3) is 0 Å². The van der Waals surface area contributed by atoms with Crippen LogP contribution in [0.15, 0.2) is 66.7 Å². The zero-order valence-electron chi connectivity index (χ0n) is 12.4. The topological polar surface area (TPSA) is 4.93 Å². The Morgan fingerprint density at radius 3 is 2.45 bits per heavy atom. The van der Waals surface area contributed by atoms with Gasteiger partial charge in [-0.25, -0.2) is 0 Å². The molecule has 1 aromatic heterocycles. The molecule has 0 atom stereocenters. The Morgan fingerprint density at radius 1 is 0.818 bits per heavy atom. The molecule has 22 heavy (non-hydrogen) atoms. The van der Waals surface area contributed by atoms with Crippen LogP contribution >= 0.6 is 22.6 Å². The van der Waals surface area contributed by atoms with Gasteiger partial charge < -0.3 is 4.57 Å². The largest absolute Gasteiger partial charge is 0.309 e. The van der Waals surface area contributed by atoms with Crippen molar-refractivity contribution < 1.29 is 0 Å². The standard InChI is InChI=1S/C20H16IN/c1-14-5-4-6-16(11-14)22-19-8-3-2-7-17(19)18-12-15(13-21)9-10-20(18)22/h2-12H,13H2,1H3. The number of aryl methyl sites for hydroxylation is 1. The van der Waals surface area contributed by atoms with Crippen molar-refractivity contribution in [3.8, 4) is 5.69 Å². The minimum Gasteiger partial charge on any atom is -0.309 e. The molecule has 0 fully saturated rings. The molecule has 4 aromatic rings. The molecular weight excluding hydrogens is 381 g/mol. The third-order valence-electron chi connectivity index (χ3n) is 4.15. The summed E-state index contributed by atoms with van der Waals surface area (Å²) in [5, 5.41) is 2.66. The number of halogens is 1.